The van der Waals surface area contributed by atoms with E-state index >= 15 is 0 Å². The molecule has 0 saturated carbocycles. The highest BCUT2D eigenvalue weighted by Gasteiger charge is 2.34. The van der Waals surface area contributed by atoms with Crippen LogP contribution in [0.2, 0.25) is 0 Å². The number of rotatable bonds is 2. The van der Waals surface area contributed by atoms with Crippen LogP contribution in [0.3, 0.4) is 0 Å². The molecule has 0 aliphatic carbocycles. The van der Waals surface area contributed by atoms with Crippen molar-refractivity contribution in [2.75, 3.05) is 6.54 Å². The molecule has 0 unspecified atom stereocenters. The molecule has 5 heteroatoms. The maximum atomic E-state index is 11.8. The number of aromatic hydroxyl groups is 1. The van der Waals surface area contributed by atoms with Gasteiger partial charge in [-0.1, -0.05) is 18.1 Å². The van der Waals surface area contributed by atoms with Crippen molar-refractivity contribution in [3.63, 3.8) is 0 Å². The number of carbonyl (C=O) groups is 2. The van der Waals surface area contributed by atoms with Gasteiger partial charge in [0.05, 0.1) is 11.4 Å². The van der Waals surface area contributed by atoms with Crippen LogP contribution < -0.4 is 0 Å². The molecule has 90 valence electrons. The SMILES string of the molecule is C#CCN1C(=O)SC(=Cc2ccc(O)cc2)C1=O. The number of phenols is 1. The first kappa shape index (κ1) is 12.3. The predicted octanol–water partition coefficient (Wildman–Crippen LogP) is 2.06. The van der Waals surface area contributed by atoms with Crippen LogP contribution in [0.4, 0.5) is 4.79 Å². The van der Waals surface area contributed by atoms with Crippen LogP contribution in [0.1, 0.15) is 5.56 Å². The van der Waals surface area contributed by atoms with Crippen LogP contribution in [-0.2, 0) is 4.79 Å². The summed E-state index contributed by atoms with van der Waals surface area (Å²) in [6.45, 7) is -0.0163. The predicted molar refractivity (Wildman–Crippen MR) is 69.6 cm³/mol. The van der Waals surface area contributed by atoms with E-state index in [1.165, 1.54) is 12.1 Å². The maximum absolute atomic E-state index is 11.8. The van der Waals surface area contributed by atoms with Crippen LogP contribution in [0, 0.1) is 12.3 Å². The lowest BCUT2D eigenvalue weighted by atomic mass is 10.2. The van der Waals surface area contributed by atoms with Crippen molar-refractivity contribution in [1.29, 1.82) is 0 Å². The molecule has 1 aromatic rings. The molecule has 1 aromatic carbocycles. The molecular formula is C13H9NO3S. The topological polar surface area (TPSA) is 57.6 Å². The number of thioether (sulfide) groups is 1. The number of nitrogens with zero attached hydrogens (tertiary/aromatic N) is 1. The Morgan fingerprint density at radius 3 is 2.61 bits per heavy atom. The third kappa shape index (κ3) is 2.39. The minimum Gasteiger partial charge on any atom is -0.508 e. The summed E-state index contributed by atoms with van der Waals surface area (Å²) in [5.41, 5.74) is 0.735. The first-order valence-electron chi connectivity index (χ1n) is 5.09. The summed E-state index contributed by atoms with van der Waals surface area (Å²) in [4.78, 5) is 24.7. The molecule has 18 heavy (non-hydrogen) atoms. The van der Waals surface area contributed by atoms with Gasteiger partial charge in [0.2, 0.25) is 0 Å². The summed E-state index contributed by atoms with van der Waals surface area (Å²) in [5, 5.41) is 8.79. The summed E-state index contributed by atoms with van der Waals surface area (Å²) in [7, 11) is 0. The van der Waals surface area contributed by atoms with Crippen molar-refractivity contribution in [2.24, 2.45) is 0 Å². The van der Waals surface area contributed by atoms with E-state index in [0.717, 1.165) is 22.2 Å². The molecule has 2 rings (SSSR count). The lowest BCUT2D eigenvalue weighted by molar-refractivity contribution is -0.122. The number of phenolic OH excluding ortho intramolecular Hbond substituents is 1. The Bertz CT molecular complexity index is 569. The zero-order valence-corrected chi connectivity index (χ0v) is 10.1. The largest absolute Gasteiger partial charge is 0.508 e. The van der Waals surface area contributed by atoms with Crippen molar-refractivity contribution in [3.8, 4) is 18.1 Å². The van der Waals surface area contributed by atoms with Crippen molar-refractivity contribution in [2.45, 2.75) is 0 Å². The average Bonchev–Trinajstić information content (AvgIpc) is 2.60. The molecule has 4 nitrogen and oxygen atoms in total. The molecule has 1 N–H and O–H groups in total. The van der Waals surface area contributed by atoms with Crippen LogP contribution in [0.25, 0.3) is 6.08 Å². The molecule has 0 bridgehead atoms. The molecule has 0 atom stereocenters. The lowest BCUT2D eigenvalue weighted by Gasteiger charge is -2.06. The van der Waals surface area contributed by atoms with Gasteiger partial charge in [0, 0.05) is 0 Å². The fourth-order valence-electron chi connectivity index (χ4n) is 1.45. The average molecular weight is 259 g/mol. The highest BCUT2D eigenvalue weighted by atomic mass is 32.2. The normalized spacial score (nSPS) is 17.3. The van der Waals surface area contributed by atoms with E-state index in [1.807, 2.05) is 0 Å². The van der Waals surface area contributed by atoms with Crippen LogP contribution >= 0.6 is 11.8 Å². The van der Waals surface area contributed by atoms with Gasteiger partial charge < -0.3 is 5.11 Å². The molecule has 0 radical (unpaired) electrons. The van der Waals surface area contributed by atoms with Gasteiger partial charge in [0.1, 0.15) is 5.75 Å². The molecule has 1 aliphatic rings. The number of hydrogen-bond donors (Lipinski definition) is 1. The smallest absolute Gasteiger partial charge is 0.294 e. The minimum atomic E-state index is -0.379. The summed E-state index contributed by atoms with van der Waals surface area (Å²) in [6, 6.07) is 6.34. The summed E-state index contributed by atoms with van der Waals surface area (Å²) < 4.78 is 0. The molecular weight excluding hydrogens is 250 g/mol. The molecule has 2 amide bonds. The summed E-state index contributed by atoms with van der Waals surface area (Å²) >= 11 is 0.861. The van der Waals surface area contributed by atoms with Crippen molar-refractivity contribution < 1.29 is 14.7 Å². The highest BCUT2D eigenvalue weighted by Crippen LogP contribution is 2.31. The molecule has 1 saturated heterocycles. The van der Waals surface area contributed by atoms with E-state index in [1.54, 1.807) is 18.2 Å². The summed E-state index contributed by atoms with van der Waals surface area (Å²) in [6.07, 6.45) is 6.69. The summed E-state index contributed by atoms with van der Waals surface area (Å²) in [5.74, 6) is 2.04. The van der Waals surface area contributed by atoms with E-state index in [0.29, 0.717) is 4.91 Å². The van der Waals surface area contributed by atoms with Crippen molar-refractivity contribution >= 4 is 29.0 Å². The Balaban J connectivity index is 2.25. The van der Waals surface area contributed by atoms with Crippen LogP contribution in [0.15, 0.2) is 29.2 Å². The van der Waals surface area contributed by atoms with E-state index in [9.17, 15) is 9.59 Å². The first-order valence-corrected chi connectivity index (χ1v) is 5.91. The molecule has 1 heterocycles. The van der Waals surface area contributed by atoms with Crippen molar-refractivity contribution in [3.05, 3.63) is 34.7 Å². The Morgan fingerprint density at radius 2 is 2.00 bits per heavy atom. The van der Waals surface area contributed by atoms with Gasteiger partial charge in [-0.05, 0) is 35.5 Å². The Hall–Kier alpha value is -2.19. The van der Waals surface area contributed by atoms with E-state index < -0.39 is 0 Å². The fraction of sp³-hybridized carbons (Fsp3) is 0.0769. The Morgan fingerprint density at radius 1 is 1.33 bits per heavy atom. The molecule has 0 aromatic heterocycles. The number of carbonyl (C=O) groups excluding carboxylic acids is 2. The maximum Gasteiger partial charge on any atom is 0.294 e. The number of imide groups is 1. The standard InChI is InChI=1S/C13H9NO3S/c1-2-7-14-12(16)11(18-13(14)17)8-9-3-5-10(15)6-4-9/h1,3-6,8,15H,7H2. The zero-order valence-electron chi connectivity index (χ0n) is 9.29. The zero-order chi connectivity index (χ0) is 13.1. The highest BCUT2D eigenvalue weighted by molar-refractivity contribution is 8.18. The van der Waals surface area contributed by atoms with Gasteiger partial charge in [-0.2, -0.15) is 0 Å². The fourth-order valence-corrected chi connectivity index (χ4v) is 2.29. The number of terminal acetylenes is 1. The second-order valence-corrected chi connectivity index (χ2v) is 4.56. The minimum absolute atomic E-state index is 0.0163. The monoisotopic (exact) mass is 259 g/mol. The Labute approximate surface area is 108 Å². The van der Waals surface area contributed by atoms with E-state index in [4.69, 9.17) is 11.5 Å². The van der Waals surface area contributed by atoms with E-state index in [2.05, 4.69) is 5.92 Å². The van der Waals surface area contributed by atoms with Gasteiger partial charge in [0.15, 0.2) is 0 Å². The molecule has 1 fully saturated rings. The van der Waals surface area contributed by atoms with Crippen molar-refractivity contribution in [1.82, 2.24) is 4.90 Å². The van der Waals surface area contributed by atoms with Gasteiger partial charge >= 0.3 is 0 Å². The third-order valence-corrected chi connectivity index (χ3v) is 3.22. The van der Waals surface area contributed by atoms with Gasteiger partial charge in [-0.15, -0.1) is 6.42 Å². The second-order valence-electron chi connectivity index (χ2n) is 3.56. The number of hydrogen-bond acceptors (Lipinski definition) is 4. The molecule has 0 spiro atoms. The van der Waals surface area contributed by atoms with Gasteiger partial charge in [0.25, 0.3) is 11.1 Å². The Kier molecular flexibility index (Phi) is 3.40. The quantitative estimate of drug-likeness (QED) is 0.652. The second kappa shape index (κ2) is 4.98. The third-order valence-electron chi connectivity index (χ3n) is 2.31. The molecule has 1 aliphatic heterocycles. The van der Waals surface area contributed by atoms with Gasteiger partial charge in [-0.25, -0.2) is 0 Å². The van der Waals surface area contributed by atoms with Crippen LogP contribution in [-0.4, -0.2) is 27.7 Å². The van der Waals surface area contributed by atoms with Gasteiger partial charge in [-0.3, -0.25) is 14.5 Å². The number of amides is 2. The number of benzene rings is 1. The first-order chi connectivity index (χ1) is 8.61. The van der Waals surface area contributed by atoms with Crippen LogP contribution in [0.5, 0.6) is 5.75 Å². The lowest BCUT2D eigenvalue weighted by Crippen LogP contribution is -2.28. The van der Waals surface area contributed by atoms with E-state index in [-0.39, 0.29) is 23.4 Å².